The Morgan fingerprint density at radius 2 is 2.08 bits per heavy atom. The summed E-state index contributed by atoms with van der Waals surface area (Å²) < 4.78 is 0. The van der Waals surface area contributed by atoms with Crippen molar-refractivity contribution in [3.05, 3.63) is 47.0 Å². The van der Waals surface area contributed by atoms with E-state index in [9.17, 15) is 0 Å². The Kier molecular flexibility index (Phi) is 5.10. The molecule has 0 aromatic heterocycles. The van der Waals surface area contributed by atoms with Gasteiger partial charge in [-0.15, -0.1) is 0 Å². The Bertz CT molecular complexity index is 693. The second kappa shape index (κ2) is 6.99. The van der Waals surface area contributed by atoms with Gasteiger partial charge < -0.3 is 0 Å². The molecule has 0 amide bonds. The van der Waals surface area contributed by atoms with Crippen LogP contribution in [0.5, 0.6) is 0 Å². The van der Waals surface area contributed by atoms with Gasteiger partial charge in [-0.05, 0) is 71.5 Å². The first-order valence-electron chi connectivity index (χ1n) is 10.1. The molecule has 2 aliphatic rings. The molecule has 1 nitrogen and oxygen atoms in total. The molecule has 0 saturated heterocycles. The van der Waals surface area contributed by atoms with Crippen molar-refractivity contribution in [1.82, 2.24) is 0 Å². The number of allylic oxidation sites excluding steroid dienone is 2. The van der Waals surface area contributed by atoms with Crippen molar-refractivity contribution in [2.24, 2.45) is 11.3 Å². The number of nitriles is 1. The second-order valence-electron chi connectivity index (χ2n) is 9.04. The van der Waals surface area contributed by atoms with E-state index in [4.69, 9.17) is 5.26 Å². The summed E-state index contributed by atoms with van der Waals surface area (Å²) in [6, 6.07) is 9.55. The van der Waals surface area contributed by atoms with E-state index in [2.05, 4.69) is 64.1 Å². The molecule has 0 N–H and O–H groups in total. The lowest BCUT2D eigenvalue weighted by molar-refractivity contribution is 0.0629. The van der Waals surface area contributed by atoms with Crippen molar-refractivity contribution in [2.45, 2.75) is 84.0 Å². The molecule has 1 fully saturated rings. The molecule has 1 unspecified atom stereocenters. The van der Waals surface area contributed by atoms with Gasteiger partial charge in [0.15, 0.2) is 0 Å². The summed E-state index contributed by atoms with van der Waals surface area (Å²) in [6.07, 6.45) is 12.7. The summed E-state index contributed by atoms with van der Waals surface area (Å²) in [6.45, 7) is 9.56. The van der Waals surface area contributed by atoms with Crippen molar-refractivity contribution in [1.29, 1.82) is 5.26 Å². The van der Waals surface area contributed by atoms with Gasteiger partial charge >= 0.3 is 0 Å². The van der Waals surface area contributed by atoms with Crippen LogP contribution >= 0.6 is 0 Å². The van der Waals surface area contributed by atoms with E-state index in [-0.39, 0.29) is 5.41 Å². The largest absolute Gasteiger partial charge is 0.198 e. The van der Waals surface area contributed by atoms with Crippen LogP contribution in [0.25, 0.3) is 0 Å². The van der Waals surface area contributed by atoms with Crippen LogP contribution < -0.4 is 0 Å². The van der Waals surface area contributed by atoms with E-state index in [1.807, 2.05) is 0 Å². The number of hydrogen-bond donors (Lipinski definition) is 0. The summed E-state index contributed by atoms with van der Waals surface area (Å²) in [5, 5.41) is 8.78. The molecule has 134 valence electrons. The molecule has 0 aliphatic heterocycles. The van der Waals surface area contributed by atoms with Crippen molar-refractivity contribution in [2.75, 3.05) is 0 Å². The van der Waals surface area contributed by atoms with Crippen LogP contribution in [0.1, 0.15) is 88.8 Å². The number of unbranched alkanes of at least 4 members (excludes halogenated alkanes) is 1. The Morgan fingerprint density at radius 3 is 2.80 bits per heavy atom. The second-order valence-corrected chi connectivity index (χ2v) is 9.04. The average molecular weight is 336 g/mol. The predicted octanol–water partition coefficient (Wildman–Crippen LogP) is 6.68. The maximum Gasteiger partial charge on any atom is 0.0624 e. The van der Waals surface area contributed by atoms with E-state index in [0.717, 1.165) is 6.42 Å². The van der Waals surface area contributed by atoms with Crippen LogP contribution in [0.15, 0.2) is 30.4 Å². The van der Waals surface area contributed by atoms with Crippen LogP contribution in [-0.2, 0) is 11.8 Å². The maximum absolute atomic E-state index is 8.78. The number of hydrogen-bond acceptors (Lipinski definition) is 1. The van der Waals surface area contributed by atoms with E-state index in [0.29, 0.717) is 23.7 Å². The lowest BCUT2D eigenvalue weighted by Gasteiger charge is -2.54. The molecule has 1 heteroatoms. The van der Waals surface area contributed by atoms with Crippen LogP contribution in [0.4, 0.5) is 0 Å². The maximum atomic E-state index is 8.78. The molecule has 0 heterocycles. The molecule has 0 bridgehead atoms. The summed E-state index contributed by atoms with van der Waals surface area (Å²) >= 11 is 0. The third-order valence-corrected chi connectivity index (χ3v) is 7.01. The fourth-order valence-electron chi connectivity index (χ4n) is 5.62. The Hall–Kier alpha value is -1.55. The summed E-state index contributed by atoms with van der Waals surface area (Å²) in [4.78, 5) is 0. The third-order valence-electron chi connectivity index (χ3n) is 7.01. The number of aryl methyl sites for hydroxylation is 1. The molecular formula is C24H33N. The number of rotatable bonds is 4. The van der Waals surface area contributed by atoms with Gasteiger partial charge in [0.25, 0.3) is 0 Å². The third kappa shape index (κ3) is 3.29. The standard InChI is InChI=1S/C24H33N/c1-18(2)19-9-11-21-20(17-19)10-12-22-23(3,13-6-5-7-16-25)14-8-15-24(21,22)4/h6,9,11,13,17-18,22H,5,7-8,10,12,14-15H2,1-4H3/b13-6-/t22?,23-,24+/m0/s1. The van der Waals surface area contributed by atoms with Crippen LogP contribution in [0.3, 0.4) is 0 Å². The SMILES string of the molecule is CC(C)c1ccc2c(c1)CCC1[C@@](C)(/C=C\CCC#N)CCC[C@]21C. The van der Waals surface area contributed by atoms with Crippen molar-refractivity contribution >= 4 is 0 Å². The van der Waals surface area contributed by atoms with Gasteiger partial charge in [-0.3, -0.25) is 0 Å². The predicted molar refractivity (Wildman–Crippen MR) is 106 cm³/mol. The fraction of sp³-hybridized carbons (Fsp3) is 0.625. The molecule has 1 saturated carbocycles. The number of benzene rings is 1. The highest BCUT2D eigenvalue weighted by atomic mass is 14.5. The Labute approximate surface area is 154 Å². The summed E-state index contributed by atoms with van der Waals surface area (Å²) in [5.41, 5.74) is 5.27. The van der Waals surface area contributed by atoms with Gasteiger partial charge in [-0.1, -0.05) is 64.5 Å². The Morgan fingerprint density at radius 1 is 1.28 bits per heavy atom. The molecule has 2 aliphatic carbocycles. The summed E-state index contributed by atoms with van der Waals surface area (Å²) in [7, 11) is 0. The zero-order valence-electron chi connectivity index (χ0n) is 16.4. The first-order valence-corrected chi connectivity index (χ1v) is 10.1. The monoisotopic (exact) mass is 335 g/mol. The lowest BCUT2D eigenvalue weighted by atomic mass is 9.49. The van der Waals surface area contributed by atoms with Gasteiger partial charge in [0.1, 0.15) is 0 Å². The minimum Gasteiger partial charge on any atom is -0.198 e. The van der Waals surface area contributed by atoms with Crippen molar-refractivity contribution < 1.29 is 0 Å². The van der Waals surface area contributed by atoms with Crippen LogP contribution in [0.2, 0.25) is 0 Å². The molecule has 25 heavy (non-hydrogen) atoms. The smallest absolute Gasteiger partial charge is 0.0624 e. The van der Waals surface area contributed by atoms with Gasteiger partial charge in [-0.2, -0.15) is 5.26 Å². The number of nitrogens with zero attached hydrogens (tertiary/aromatic N) is 1. The van der Waals surface area contributed by atoms with E-state index >= 15 is 0 Å². The first kappa shape index (κ1) is 18.2. The quantitative estimate of drug-likeness (QED) is 0.444. The molecule has 0 radical (unpaired) electrons. The lowest BCUT2D eigenvalue weighted by Crippen LogP contribution is -2.48. The van der Waals surface area contributed by atoms with Gasteiger partial charge in [0, 0.05) is 6.42 Å². The molecule has 1 aromatic carbocycles. The molecule has 0 spiro atoms. The van der Waals surface area contributed by atoms with E-state index in [1.54, 1.807) is 11.1 Å². The normalized spacial score (nSPS) is 31.6. The van der Waals surface area contributed by atoms with Crippen LogP contribution in [-0.4, -0.2) is 0 Å². The van der Waals surface area contributed by atoms with Crippen LogP contribution in [0, 0.1) is 22.7 Å². The van der Waals surface area contributed by atoms with Crippen molar-refractivity contribution in [3.63, 3.8) is 0 Å². The minimum absolute atomic E-state index is 0.275. The van der Waals surface area contributed by atoms with Gasteiger partial charge in [-0.25, -0.2) is 0 Å². The minimum atomic E-state index is 0.275. The number of fused-ring (bicyclic) bond motifs is 3. The highest BCUT2D eigenvalue weighted by molar-refractivity contribution is 5.42. The average Bonchev–Trinajstić information content (AvgIpc) is 2.58. The molecule has 1 aromatic rings. The zero-order chi connectivity index (χ0) is 18.1. The van der Waals surface area contributed by atoms with Gasteiger partial charge in [0.05, 0.1) is 6.07 Å². The van der Waals surface area contributed by atoms with Crippen molar-refractivity contribution in [3.8, 4) is 6.07 Å². The summed E-state index contributed by atoms with van der Waals surface area (Å²) in [5.74, 6) is 1.32. The van der Waals surface area contributed by atoms with E-state index in [1.165, 1.54) is 37.7 Å². The highest BCUT2D eigenvalue weighted by Gasteiger charge is 2.50. The fourth-order valence-corrected chi connectivity index (χ4v) is 5.62. The molecule has 3 atom stereocenters. The zero-order valence-corrected chi connectivity index (χ0v) is 16.4. The Balaban J connectivity index is 1.93. The molecule has 3 rings (SSSR count). The first-order chi connectivity index (χ1) is 11.9. The topological polar surface area (TPSA) is 23.8 Å². The van der Waals surface area contributed by atoms with E-state index < -0.39 is 0 Å². The highest BCUT2D eigenvalue weighted by Crippen LogP contribution is 2.57. The van der Waals surface area contributed by atoms with Gasteiger partial charge in [0.2, 0.25) is 0 Å². The molecular weight excluding hydrogens is 302 g/mol.